The molecule has 2 aromatic rings. The molecule has 6 heteroatoms. The molecule has 0 unspecified atom stereocenters. The Bertz CT molecular complexity index is 973. The summed E-state index contributed by atoms with van der Waals surface area (Å²) in [5, 5.41) is 5.95. The first-order chi connectivity index (χ1) is 15.8. The van der Waals surface area contributed by atoms with E-state index in [-0.39, 0.29) is 11.8 Å². The zero-order valence-electron chi connectivity index (χ0n) is 20.1. The number of nitrogens with one attached hydrogen (secondary N) is 2. The Morgan fingerprint density at radius 3 is 2.36 bits per heavy atom. The van der Waals surface area contributed by atoms with Crippen LogP contribution in [-0.4, -0.2) is 42.9 Å². The molecular formula is C27H35N3O2S. The number of fused-ring (bicyclic) bond motifs is 1. The van der Waals surface area contributed by atoms with Crippen LogP contribution < -0.4 is 10.6 Å². The first kappa shape index (κ1) is 25.1. The highest BCUT2D eigenvalue weighted by molar-refractivity contribution is 8.04. The highest BCUT2D eigenvalue weighted by Crippen LogP contribution is 2.38. The lowest BCUT2D eigenvalue weighted by atomic mass is 10.1. The smallest absolute Gasteiger partial charge is 0.262 e. The summed E-state index contributed by atoms with van der Waals surface area (Å²) in [6.45, 7) is 12.8. The zero-order valence-corrected chi connectivity index (χ0v) is 20.9. The molecular weight excluding hydrogens is 430 g/mol. The quantitative estimate of drug-likeness (QED) is 0.359. The minimum absolute atomic E-state index is 0.0628. The second kappa shape index (κ2) is 12.1. The maximum Gasteiger partial charge on any atom is 0.262 e. The molecule has 2 amide bonds. The summed E-state index contributed by atoms with van der Waals surface area (Å²) in [4.78, 5) is 29.1. The number of hydrogen-bond donors (Lipinski definition) is 2. The van der Waals surface area contributed by atoms with Crippen molar-refractivity contribution in [2.45, 2.75) is 39.0 Å². The van der Waals surface area contributed by atoms with Gasteiger partial charge in [0, 0.05) is 30.1 Å². The molecule has 3 rings (SSSR count). The van der Waals surface area contributed by atoms with Crippen LogP contribution in [0.15, 0.2) is 58.3 Å². The summed E-state index contributed by atoms with van der Waals surface area (Å²) in [5.41, 5.74) is 2.36. The number of thioether (sulfide) groups is 1. The molecule has 2 aromatic carbocycles. The second-order valence-electron chi connectivity index (χ2n) is 9.34. The Morgan fingerprint density at radius 2 is 1.70 bits per heavy atom. The fourth-order valence-corrected chi connectivity index (χ4v) is 4.83. The van der Waals surface area contributed by atoms with Crippen molar-refractivity contribution in [1.82, 2.24) is 10.2 Å². The molecule has 0 aromatic heterocycles. The lowest BCUT2D eigenvalue weighted by Gasteiger charge is -2.26. The maximum absolute atomic E-state index is 12.5. The van der Waals surface area contributed by atoms with E-state index in [4.69, 9.17) is 0 Å². The standard InChI is InChI=1S/C27H35N3O2S/c1-19(2)17-30(18-20(3)4)15-7-14-28-26(31)22-12-10-21(11-13-22)16-25-27(32)29-23-8-5-6-9-24(23)33-25/h5-6,8-13,16,19-20H,7,14-15,17-18H2,1-4H3,(H,28,31)(H,29,32)/b25-16+. The van der Waals surface area contributed by atoms with Gasteiger partial charge in [0.15, 0.2) is 0 Å². The molecule has 0 saturated heterocycles. The van der Waals surface area contributed by atoms with Crippen molar-refractivity contribution in [2.24, 2.45) is 11.8 Å². The Balaban J connectivity index is 1.51. The van der Waals surface area contributed by atoms with E-state index < -0.39 is 0 Å². The topological polar surface area (TPSA) is 61.4 Å². The average molecular weight is 466 g/mol. The third-order valence-electron chi connectivity index (χ3n) is 5.23. The molecule has 33 heavy (non-hydrogen) atoms. The number of anilines is 1. The van der Waals surface area contributed by atoms with Gasteiger partial charge in [0.1, 0.15) is 0 Å². The summed E-state index contributed by atoms with van der Waals surface area (Å²) in [5.74, 6) is 1.11. The molecule has 0 bridgehead atoms. The predicted octanol–water partition coefficient (Wildman–Crippen LogP) is 5.51. The van der Waals surface area contributed by atoms with E-state index in [1.165, 1.54) is 11.8 Å². The molecule has 0 aliphatic carbocycles. The largest absolute Gasteiger partial charge is 0.352 e. The summed E-state index contributed by atoms with van der Waals surface area (Å²) in [7, 11) is 0. The van der Waals surface area contributed by atoms with Gasteiger partial charge in [0.25, 0.3) is 11.8 Å². The van der Waals surface area contributed by atoms with Crippen LogP contribution in [0.5, 0.6) is 0 Å². The van der Waals surface area contributed by atoms with Gasteiger partial charge in [0.2, 0.25) is 0 Å². The van der Waals surface area contributed by atoms with Gasteiger partial charge in [-0.25, -0.2) is 0 Å². The Kier molecular flexibility index (Phi) is 9.15. The van der Waals surface area contributed by atoms with Crippen LogP contribution in [0.3, 0.4) is 0 Å². The highest BCUT2D eigenvalue weighted by atomic mass is 32.2. The number of para-hydroxylation sites is 1. The number of benzene rings is 2. The third-order valence-corrected chi connectivity index (χ3v) is 6.33. The summed E-state index contributed by atoms with van der Waals surface area (Å²) >= 11 is 1.46. The van der Waals surface area contributed by atoms with Crippen molar-refractivity contribution in [3.05, 3.63) is 64.6 Å². The van der Waals surface area contributed by atoms with Crippen LogP contribution in [0.1, 0.15) is 50.0 Å². The maximum atomic E-state index is 12.5. The van der Waals surface area contributed by atoms with Crippen molar-refractivity contribution in [3.8, 4) is 0 Å². The van der Waals surface area contributed by atoms with Gasteiger partial charge in [-0.3, -0.25) is 9.59 Å². The number of carbonyl (C=O) groups is 2. The minimum atomic E-state index is -0.107. The van der Waals surface area contributed by atoms with Gasteiger partial charge in [-0.15, -0.1) is 0 Å². The fraction of sp³-hybridized carbons (Fsp3) is 0.407. The molecule has 0 fully saturated rings. The summed E-state index contributed by atoms with van der Waals surface area (Å²) in [6.07, 6.45) is 2.79. The molecule has 5 nitrogen and oxygen atoms in total. The number of nitrogens with zero attached hydrogens (tertiary/aromatic N) is 1. The molecule has 176 valence electrons. The molecule has 0 radical (unpaired) electrons. The van der Waals surface area contributed by atoms with E-state index >= 15 is 0 Å². The van der Waals surface area contributed by atoms with Crippen LogP contribution in [0, 0.1) is 11.8 Å². The van der Waals surface area contributed by atoms with Gasteiger partial charge in [-0.05, 0) is 60.7 Å². The molecule has 0 atom stereocenters. The second-order valence-corrected chi connectivity index (χ2v) is 10.4. The Labute approximate surface area is 202 Å². The molecule has 0 spiro atoms. The van der Waals surface area contributed by atoms with E-state index in [1.807, 2.05) is 54.6 Å². The normalized spacial score (nSPS) is 14.6. The summed E-state index contributed by atoms with van der Waals surface area (Å²) in [6, 6.07) is 15.1. The van der Waals surface area contributed by atoms with E-state index in [9.17, 15) is 9.59 Å². The van der Waals surface area contributed by atoms with Crippen molar-refractivity contribution in [1.29, 1.82) is 0 Å². The fourth-order valence-electron chi connectivity index (χ4n) is 3.88. The number of rotatable bonds is 10. The highest BCUT2D eigenvalue weighted by Gasteiger charge is 2.20. The average Bonchev–Trinajstić information content (AvgIpc) is 2.76. The predicted molar refractivity (Wildman–Crippen MR) is 138 cm³/mol. The molecule has 1 aliphatic rings. The summed E-state index contributed by atoms with van der Waals surface area (Å²) < 4.78 is 0. The Hall–Kier alpha value is -2.57. The van der Waals surface area contributed by atoms with Gasteiger partial charge in [-0.1, -0.05) is 63.7 Å². The Morgan fingerprint density at radius 1 is 1.03 bits per heavy atom. The van der Waals surface area contributed by atoms with Crippen molar-refractivity contribution >= 4 is 35.3 Å². The van der Waals surface area contributed by atoms with Crippen molar-refractivity contribution in [2.75, 3.05) is 31.5 Å². The SMILES string of the molecule is CC(C)CN(CCCNC(=O)c1ccc(/C=C2/Sc3ccccc3NC2=O)cc1)CC(C)C. The van der Waals surface area contributed by atoms with E-state index in [0.29, 0.717) is 28.8 Å². The van der Waals surface area contributed by atoms with Crippen LogP contribution in [-0.2, 0) is 4.79 Å². The van der Waals surface area contributed by atoms with Crippen LogP contribution in [0.25, 0.3) is 6.08 Å². The lowest BCUT2D eigenvalue weighted by molar-refractivity contribution is -0.112. The lowest BCUT2D eigenvalue weighted by Crippen LogP contribution is -2.34. The number of amides is 2. The van der Waals surface area contributed by atoms with Gasteiger partial charge >= 0.3 is 0 Å². The molecule has 0 saturated carbocycles. The van der Waals surface area contributed by atoms with Gasteiger partial charge in [-0.2, -0.15) is 0 Å². The van der Waals surface area contributed by atoms with Crippen LogP contribution in [0.4, 0.5) is 5.69 Å². The zero-order chi connectivity index (χ0) is 23.8. The first-order valence-electron chi connectivity index (χ1n) is 11.7. The first-order valence-corrected chi connectivity index (χ1v) is 12.5. The molecule has 1 aliphatic heterocycles. The van der Waals surface area contributed by atoms with E-state index in [0.717, 1.165) is 42.2 Å². The van der Waals surface area contributed by atoms with Crippen molar-refractivity contribution < 1.29 is 9.59 Å². The van der Waals surface area contributed by atoms with E-state index in [2.05, 4.69) is 43.2 Å². The molecule has 1 heterocycles. The van der Waals surface area contributed by atoms with Gasteiger partial charge < -0.3 is 15.5 Å². The van der Waals surface area contributed by atoms with E-state index in [1.54, 1.807) is 0 Å². The molecule has 2 N–H and O–H groups in total. The minimum Gasteiger partial charge on any atom is -0.352 e. The van der Waals surface area contributed by atoms with Gasteiger partial charge in [0.05, 0.1) is 10.6 Å². The third kappa shape index (κ3) is 7.76. The van der Waals surface area contributed by atoms with Crippen LogP contribution in [0.2, 0.25) is 0 Å². The van der Waals surface area contributed by atoms with Crippen LogP contribution >= 0.6 is 11.8 Å². The monoisotopic (exact) mass is 465 g/mol. The number of hydrogen-bond acceptors (Lipinski definition) is 4. The van der Waals surface area contributed by atoms with Crippen molar-refractivity contribution in [3.63, 3.8) is 0 Å². The number of carbonyl (C=O) groups excluding carboxylic acids is 2.